The van der Waals surface area contributed by atoms with Gasteiger partial charge in [0.25, 0.3) is 0 Å². The van der Waals surface area contributed by atoms with Crippen molar-refractivity contribution in [2.75, 3.05) is 11.5 Å². The Balaban J connectivity index is 2.08. The average Bonchev–Trinajstić information content (AvgIpc) is 2.37. The second-order valence-corrected chi connectivity index (χ2v) is 4.57. The van der Waals surface area contributed by atoms with Crippen LogP contribution >= 0.6 is 0 Å². The summed E-state index contributed by atoms with van der Waals surface area (Å²) < 4.78 is 0. The summed E-state index contributed by atoms with van der Waals surface area (Å²) in [7, 11) is 0. The van der Waals surface area contributed by atoms with Gasteiger partial charge in [0.05, 0.1) is 11.4 Å². The molecular formula is C13H15N5. The molecule has 0 amide bonds. The molecule has 0 spiro atoms. The maximum Gasteiger partial charge on any atom is 0.222 e. The number of aromatic nitrogens is 3. The first-order valence-electron chi connectivity index (χ1n) is 6.08. The number of anilines is 2. The maximum atomic E-state index is 5.73. The lowest BCUT2D eigenvalue weighted by atomic mass is 9.84. The highest BCUT2D eigenvalue weighted by molar-refractivity contribution is 5.41. The first kappa shape index (κ1) is 11.0. The standard InChI is InChI=1S/C13H15N5/c14-11-7-10(17-13(15)18-11)9-5-1-3-8-4-2-6-16-12(8)9/h2,4,6-7,9H,1,3,5H2,(H4,14,15,17,18). The SMILES string of the molecule is Nc1cc(C2CCCc3cccnc32)nc(N)n1. The van der Waals surface area contributed by atoms with Crippen molar-refractivity contribution in [2.45, 2.75) is 25.2 Å². The Morgan fingerprint density at radius 2 is 2.11 bits per heavy atom. The second-order valence-electron chi connectivity index (χ2n) is 4.57. The summed E-state index contributed by atoms with van der Waals surface area (Å²) in [5.41, 5.74) is 14.7. The van der Waals surface area contributed by atoms with E-state index in [9.17, 15) is 0 Å². The molecule has 92 valence electrons. The highest BCUT2D eigenvalue weighted by Crippen LogP contribution is 2.34. The molecule has 5 heteroatoms. The molecule has 0 radical (unpaired) electrons. The molecular weight excluding hydrogens is 226 g/mol. The van der Waals surface area contributed by atoms with Gasteiger partial charge in [-0.1, -0.05) is 6.07 Å². The van der Waals surface area contributed by atoms with E-state index in [0.29, 0.717) is 5.82 Å². The minimum Gasteiger partial charge on any atom is -0.384 e. The monoisotopic (exact) mass is 241 g/mol. The van der Waals surface area contributed by atoms with E-state index >= 15 is 0 Å². The molecule has 0 aromatic carbocycles. The van der Waals surface area contributed by atoms with Crippen LogP contribution in [0.1, 0.15) is 35.7 Å². The van der Waals surface area contributed by atoms with E-state index in [1.54, 1.807) is 6.07 Å². The van der Waals surface area contributed by atoms with Crippen molar-refractivity contribution in [2.24, 2.45) is 0 Å². The molecule has 0 fully saturated rings. The maximum absolute atomic E-state index is 5.73. The summed E-state index contributed by atoms with van der Waals surface area (Å²) in [4.78, 5) is 12.7. The van der Waals surface area contributed by atoms with E-state index < -0.39 is 0 Å². The predicted octanol–water partition coefficient (Wildman–Crippen LogP) is 1.50. The normalized spacial score (nSPS) is 18.3. The van der Waals surface area contributed by atoms with Crippen LogP contribution in [-0.2, 0) is 6.42 Å². The molecule has 1 aliphatic rings. The van der Waals surface area contributed by atoms with E-state index in [4.69, 9.17) is 11.5 Å². The third kappa shape index (κ3) is 1.88. The summed E-state index contributed by atoms with van der Waals surface area (Å²) in [6.45, 7) is 0. The van der Waals surface area contributed by atoms with Crippen LogP contribution in [0.25, 0.3) is 0 Å². The van der Waals surface area contributed by atoms with Crippen molar-refractivity contribution in [1.82, 2.24) is 15.0 Å². The molecule has 2 aromatic rings. The van der Waals surface area contributed by atoms with Crippen LogP contribution in [0.15, 0.2) is 24.4 Å². The molecule has 0 aliphatic heterocycles. The number of fused-ring (bicyclic) bond motifs is 1. The predicted molar refractivity (Wildman–Crippen MR) is 69.9 cm³/mol. The Bertz CT molecular complexity index is 561. The molecule has 2 aromatic heterocycles. The summed E-state index contributed by atoms with van der Waals surface area (Å²) >= 11 is 0. The third-order valence-corrected chi connectivity index (χ3v) is 3.34. The number of rotatable bonds is 1. The van der Waals surface area contributed by atoms with E-state index in [1.807, 2.05) is 12.3 Å². The Morgan fingerprint density at radius 1 is 1.22 bits per heavy atom. The van der Waals surface area contributed by atoms with Gasteiger partial charge in [-0.3, -0.25) is 4.98 Å². The van der Waals surface area contributed by atoms with Crippen LogP contribution in [0.4, 0.5) is 11.8 Å². The van der Waals surface area contributed by atoms with Crippen molar-refractivity contribution in [1.29, 1.82) is 0 Å². The van der Waals surface area contributed by atoms with Gasteiger partial charge >= 0.3 is 0 Å². The quantitative estimate of drug-likeness (QED) is 0.789. The zero-order chi connectivity index (χ0) is 12.5. The van der Waals surface area contributed by atoms with Gasteiger partial charge in [0.1, 0.15) is 5.82 Å². The lowest BCUT2D eigenvalue weighted by Gasteiger charge is -2.23. The van der Waals surface area contributed by atoms with Crippen molar-refractivity contribution in [3.8, 4) is 0 Å². The number of nitrogens with two attached hydrogens (primary N) is 2. The fourth-order valence-electron chi connectivity index (χ4n) is 2.58. The van der Waals surface area contributed by atoms with Crippen LogP contribution in [-0.4, -0.2) is 15.0 Å². The summed E-state index contributed by atoms with van der Waals surface area (Å²) in [6, 6.07) is 5.90. The number of pyridine rings is 1. The highest BCUT2D eigenvalue weighted by Gasteiger charge is 2.24. The Kier molecular flexibility index (Phi) is 2.59. The zero-order valence-corrected chi connectivity index (χ0v) is 10.0. The van der Waals surface area contributed by atoms with Crippen molar-refractivity contribution in [3.63, 3.8) is 0 Å². The zero-order valence-electron chi connectivity index (χ0n) is 10.0. The molecule has 0 saturated heterocycles. The molecule has 1 unspecified atom stereocenters. The van der Waals surface area contributed by atoms with Crippen LogP contribution in [0.2, 0.25) is 0 Å². The summed E-state index contributed by atoms with van der Waals surface area (Å²) in [6.07, 6.45) is 5.06. The van der Waals surface area contributed by atoms with Crippen molar-refractivity contribution >= 4 is 11.8 Å². The van der Waals surface area contributed by atoms with Gasteiger partial charge in [0, 0.05) is 18.2 Å². The number of nitrogens with zero attached hydrogens (tertiary/aromatic N) is 3. The lowest BCUT2D eigenvalue weighted by Crippen LogP contribution is -2.15. The topological polar surface area (TPSA) is 90.7 Å². The molecule has 2 heterocycles. The van der Waals surface area contributed by atoms with Gasteiger partial charge in [-0.05, 0) is 30.9 Å². The van der Waals surface area contributed by atoms with Crippen molar-refractivity contribution < 1.29 is 0 Å². The van der Waals surface area contributed by atoms with E-state index in [2.05, 4.69) is 21.0 Å². The lowest BCUT2D eigenvalue weighted by molar-refractivity contribution is 0.587. The fraction of sp³-hybridized carbons (Fsp3) is 0.308. The van der Waals surface area contributed by atoms with Gasteiger partial charge in [0.15, 0.2) is 0 Å². The minimum absolute atomic E-state index is 0.183. The molecule has 3 rings (SSSR count). The largest absolute Gasteiger partial charge is 0.384 e. The molecule has 18 heavy (non-hydrogen) atoms. The first-order valence-corrected chi connectivity index (χ1v) is 6.08. The first-order chi connectivity index (χ1) is 8.74. The van der Waals surface area contributed by atoms with Gasteiger partial charge in [-0.2, -0.15) is 4.98 Å². The van der Waals surface area contributed by atoms with Crippen LogP contribution in [0.5, 0.6) is 0 Å². The summed E-state index contributed by atoms with van der Waals surface area (Å²) in [5.74, 6) is 0.830. The van der Waals surface area contributed by atoms with E-state index in [1.165, 1.54) is 5.56 Å². The van der Waals surface area contributed by atoms with Gasteiger partial charge in [-0.15, -0.1) is 0 Å². The molecule has 4 N–H and O–H groups in total. The fourth-order valence-corrected chi connectivity index (χ4v) is 2.58. The van der Waals surface area contributed by atoms with Crippen molar-refractivity contribution in [3.05, 3.63) is 41.3 Å². The Labute approximate surface area is 105 Å². The molecule has 0 saturated carbocycles. The van der Waals surface area contributed by atoms with E-state index in [-0.39, 0.29) is 11.9 Å². The van der Waals surface area contributed by atoms with Gasteiger partial charge < -0.3 is 11.5 Å². The smallest absolute Gasteiger partial charge is 0.222 e. The van der Waals surface area contributed by atoms with Crippen LogP contribution in [0.3, 0.4) is 0 Å². The number of aryl methyl sites for hydroxylation is 1. The summed E-state index contributed by atoms with van der Waals surface area (Å²) in [5, 5.41) is 0. The van der Waals surface area contributed by atoms with Crippen LogP contribution in [0, 0.1) is 0 Å². The average molecular weight is 241 g/mol. The highest BCUT2D eigenvalue weighted by atomic mass is 15.0. The number of hydrogen-bond donors (Lipinski definition) is 2. The molecule has 0 bridgehead atoms. The minimum atomic E-state index is 0.183. The molecule has 5 nitrogen and oxygen atoms in total. The molecule has 1 atom stereocenters. The number of hydrogen-bond acceptors (Lipinski definition) is 5. The Hall–Kier alpha value is -2.17. The van der Waals surface area contributed by atoms with Gasteiger partial charge in [0.2, 0.25) is 5.95 Å². The molecule has 1 aliphatic carbocycles. The van der Waals surface area contributed by atoms with Crippen LogP contribution < -0.4 is 11.5 Å². The number of nitrogen functional groups attached to an aromatic ring is 2. The second kappa shape index (κ2) is 4.25. The third-order valence-electron chi connectivity index (χ3n) is 3.34. The Morgan fingerprint density at radius 3 is 2.94 bits per heavy atom. The van der Waals surface area contributed by atoms with E-state index in [0.717, 1.165) is 30.7 Å². The van der Waals surface area contributed by atoms with Gasteiger partial charge in [-0.25, -0.2) is 4.98 Å².